The average molecular weight is 435 g/mol. The molecule has 7 heteroatoms. The summed E-state index contributed by atoms with van der Waals surface area (Å²) in [7, 11) is 3.42. The van der Waals surface area contributed by atoms with Crippen molar-refractivity contribution in [3.8, 4) is 5.75 Å². The number of nitrogens with one attached hydrogen (secondary N) is 1. The lowest BCUT2D eigenvalue weighted by Gasteiger charge is -2.33. The van der Waals surface area contributed by atoms with Gasteiger partial charge in [0.2, 0.25) is 0 Å². The molecule has 0 spiro atoms. The SMILES string of the molecule is COCc1ccc(OC)c(CN2CCOC(c3cccc(Nc4cccc(C)n4)n3)C2)c1. The van der Waals surface area contributed by atoms with Gasteiger partial charge >= 0.3 is 0 Å². The van der Waals surface area contributed by atoms with Gasteiger partial charge in [-0.3, -0.25) is 4.90 Å². The Labute approximate surface area is 189 Å². The van der Waals surface area contributed by atoms with Crippen molar-refractivity contribution in [1.82, 2.24) is 14.9 Å². The molecule has 168 valence electrons. The van der Waals surface area contributed by atoms with E-state index in [1.54, 1.807) is 14.2 Å². The van der Waals surface area contributed by atoms with E-state index in [0.717, 1.165) is 59.5 Å². The maximum atomic E-state index is 6.08. The highest BCUT2D eigenvalue weighted by atomic mass is 16.5. The molecule has 1 fully saturated rings. The van der Waals surface area contributed by atoms with E-state index >= 15 is 0 Å². The summed E-state index contributed by atoms with van der Waals surface area (Å²) in [6.45, 7) is 5.62. The standard InChI is InChI=1S/C25H30N4O3/c1-18-6-4-8-24(26-18)28-25-9-5-7-21(27-25)23-16-29(12-13-32-23)15-20-14-19(17-30-2)10-11-22(20)31-3/h4-11,14,23H,12-13,15-17H2,1-3H3,(H,26,27,28). The third-order valence-electron chi connectivity index (χ3n) is 5.45. The third kappa shape index (κ3) is 5.62. The van der Waals surface area contributed by atoms with E-state index in [0.29, 0.717) is 13.2 Å². The minimum Gasteiger partial charge on any atom is -0.496 e. The quantitative estimate of drug-likeness (QED) is 0.568. The van der Waals surface area contributed by atoms with Crippen molar-refractivity contribution in [2.45, 2.75) is 26.2 Å². The van der Waals surface area contributed by atoms with Crippen LogP contribution >= 0.6 is 0 Å². The Morgan fingerprint density at radius 1 is 1.06 bits per heavy atom. The fourth-order valence-corrected chi connectivity index (χ4v) is 3.92. The van der Waals surface area contributed by atoms with Gasteiger partial charge in [-0.15, -0.1) is 0 Å². The van der Waals surface area contributed by atoms with Crippen molar-refractivity contribution in [1.29, 1.82) is 0 Å². The second-order valence-corrected chi connectivity index (χ2v) is 7.91. The molecule has 1 aromatic carbocycles. The Hall–Kier alpha value is -3.00. The van der Waals surface area contributed by atoms with E-state index in [4.69, 9.17) is 19.2 Å². The van der Waals surface area contributed by atoms with Crippen LogP contribution in [-0.4, -0.2) is 48.8 Å². The molecule has 1 unspecified atom stereocenters. The molecule has 1 aliphatic rings. The molecule has 0 radical (unpaired) electrons. The van der Waals surface area contributed by atoms with Crippen LogP contribution in [0.15, 0.2) is 54.6 Å². The van der Waals surface area contributed by atoms with Gasteiger partial charge in [-0.25, -0.2) is 9.97 Å². The number of hydrogen-bond donors (Lipinski definition) is 1. The van der Waals surface area contributed by atoms with Crippen LogP contribution in [0.2, 0.25) is 0 Å². The predicted octanol–water partition coefficient (Wildman–Crippen LogP) is 4.26. The van der Waals surface area contributed by atoms with Gasteiger partial charge < -0.3 is 19.5 Å². The van der Waals surface area contributed by atoms with E-state index < -0.39 is 0 Å². The van der Waals surface area contributed by atoms with Crippen LogP contribution < -0.4 is 10.1 Å². The predicted molar refractivity (Wildman–Crippen MR) is 124 cm³/mol. The molecule has 0 bridgehead atoms. The fourth-order valence-electron chi connectivity index (χ4n) is 3.92. The van der Waals surface area contributed by atoms with Crippen LogP contribution in [0.3, 0.4) is 0 Å². The molecule has 1 saturated heterocycles. The van der Waals surface area contributed by atoms with Gasteiger partial charge in [0.25, 0.3) is 0 Å². The number of methoxy groups -OCH3 is 2. The number of aryl methyl sites for hydroxylation is 1. The van der Waals surface area contributed by atoms with Gasteiger partial charge in [-0.1, -0.05) is 18.2 Å². The third-order valence-corrected chi connectivity index (χ3v) is 5.45. The van der Waals surface area contributed by atoms with E-state index in [-0.39, 0.29) is 6.10 Å². The summed E-state index contributed by atoms with van der Waals surface area (Å²) < 4.78 is 17.0. The molecule has 1 atom stereocenters. The van der Waals surface area contributed by atoms with Gasteiger partial charge in [-0.2, -0.15) is 0 Å². The second-order valence-electron chi connectivity index (χ2n) is 7.91. The molecule has 4 rings (SSSR count). The first-order chi connectivity index (χ1) is 15.6. The number of aromatic nitrogens is 2. The first-order valence-electron chi connectivity index (χ1n) is 10.8. The first kappa shape index (κ1) is 22.2. The van der Waals surface area contributed by atoms with Gasteiger partial charge in [-0.05, 0) is 48.9 Å². The number of rotatable bonds is 8. The summed E-state index contributed by atoms with van der Waals surface area (Å²) in [5.74, 6) is 2.43. The minimum atomic E-state index is -0.0934. The number of morpholine rings is 1. The van der Waals surface area contributed by atoms with Gasteiger partial charge in [0, 0.05) is 38.0 Å². The normalized spacial score (nSPS) is 16.7. The van der Waals surface area contributed by atoms with E-state index in [2.05, 4.69) is 21.3 Å². The lowest BCUT2D eigenvalue weighted by molar-refractivity contribution is -0.0351. The average Bonchev–Trinajstić information content (AvgIpc) is 2.80. The largest absolute Gasteiger partial charge is 0.496 e. The molecule has 2 aromatic heterocycles. The highest BCUT2D eigenvalue weighted by Gasteiger charge is 2.24. The lowest BCUT2D eigenvalue weighted by Crippen LogP contribution is -2.38. The molecule has 3 heterocycles. The van der Waals surface area contributed by atoms with E-state index in [9.17, 15) is 0 Å². The van der Waals surface area contributed by atoms with Crippen LogP contribution in [0.5, 0.6) is 5.75 Å². The molecule has 3 aromatic rings. The van der Waals surface area contributed by atoms with Crippen molar-refractivity contribution >= 4 is 11.6 Å². The Morgan fingerprint density at radius 3 is 2.66 bits per heavy atom. The molecule has 0 aliphatic carbocycles. The van der Waals surface area contributed by atoms with Crippen molar-refractivity contribution in [3.63, 3.8) is 0 Å². The molecule has 0 saturated carbocycles. The van der Waals surface area contributed by atoms with Crippen LogP contribution in [-0.2, 0) is 22.6 Å². The monoisotopic (exact) mass is 434 g/mol. The fraction of sp³-hybridized carbons (Fsp3) is 0.360. The zero-order valence-corrected chi connectivity index (χ0v) is 18.9. The minimum absolute atomic E-state index is 0.0934. The Balaban J connectivity index is 1.46. The van der Waals surface area contributed by atoms with Crippen molar-refractivity contribution < 1.29 is 14.2 Å². The topological polar surface area (TPSA) is 68.7 Å². The Morgan fingerprint density at radius 2 is 1.88 bits per heavy atom. The summed E-state index contributed by atoms with van der Waals surface area (Å²) in [5, 5.41) is 3.29. The molecule has 32 heavy (non-hydrogen) atoms. The van der Waals surface area contributed by atoms with E-state index in [1.165, 1.54) is 0 Å². The molecular weight excluding hydrogens is 404 g/mol. The maximum absolute atomic E-state index is 6.08. The van der Waals surface area contributed by atoms with Crippen molar-refractivity contribution in [2.24, 2.45) is 0 Å². The Bertz CT molecular complexity index is 1040. The van der Waals surface area contributed by atoms with Crippen LogP contribution in [0.4, 0.5) is 11.6 Å². The summed E-state index contributed by atoms with van der Waals surface area (Å²) in [6.07, 6.45) is -0.0934. The summed E-state index contributed by atoms with van der Waals surface area (Å²) in [5.41, 5.74) is 4.16. The first-order valence-corrected chi connectivity index (χ1v) is 10.8. The van der Waals surface area contributed by atoms with E-state index in [1.807, 2.05) is 55.5 Å². The van der Waals surface area contributed by atoms with Gasteiger partial charge in [0.15, 0.2) is 0 Å². The zero-order valence-electron chi connectivity index (χ0n) is 18.9. The summed E-state index contributed by atoms with van der Waals surface area (Å²) >= 11 is 0. The Kier molecular flexibility index (Phi) is 7.32. The highest BCUT2D eigenvalue weighted by molar-refractivity contribution is 5.51. The van der Waals surface area contributed by atoms with Gasteiger partial charge in [0.1, 0.15) is 23.5 Å². The van der Waals surface area contributed by atoms with Crippen molar-refractivity contribution in [2.75, 3.05) is 39.2 Å². The van der Waals surface area contributed by atoms with Gasteiger partial charge in [0.05, 0.1) is 26.0 Å². The number of benzene rings is 1. The zero-order chi connectivity index (χ0) is 22.3. The van der Waals surface area contributed by atoms with Crippen LogP contribution in [0, 0.1) is 6.92 Å². The molecule has 7 nitrogen and oxygen atoms in total. The number of ether oxygens (including phenoxy) is 3. The smallest absolute Gasteiger partial charge is 0.131 e. The number of hydrogen-bond acceptors (Lipinski definition) is 7. The van der Waals surface area contributed by atoms with Crippen molar-refractivity contribution in [3.05, 3.63) is 77.1 Å². The second kappa shape index (κ2) is 10.5. The number of anilines is 2. The molecule has 1 N–H and O–H groups in total. The summed E-state index contributed by atoms with van der Waals surface area (Å²) in [6, 6.07) is 18.1. The molecular formula is C25H30N4O3. The molecule has 0 amide bonds. The van der Waals surface area contributed by atoms with Crippen LogP contribution in [0.1, 0.15) is 28.6 Å². The lowest BCUT2D eigenvalue weighted by atomic mass is 10.1. The maximum Gasteiger partial charge on any atom is 0.131 e. The summed E-state index contributed by atoms with van der Waals surface area (Å²) in [4.78, 5) is 11.7. The number of nitrogens with zero attached hydrogens (tertiary/aromatic N) is 3. The number of pyridine rings is 2. The van der Waals surface area contributed by atoms with Crippen LogP contribution in [0.25, 0.3) is 0 Å². The molecule has 1 aliphatic heterocycles. The highest BCUT2D eigenvalue weighted by Crippen LogP contribution is 2.27.